The summed E-state index contributed by atoms with van der Waals surface area (Å²) in [6.07, 6.45) is 0.708. The van der Waals surface area contributed by atoms with Crippen molar-refractivity contribution in [1.82, 2.24) is 0 Å². The van der Waals surface area contributed by atoms with Crippen molar-refractivity contribution >= 4 is 23.0 Å². The normalized spacial score (nSPS) is 16.2. The molecule has 0 N–H and O–H groups in total. The summed E-state index contributed by atoms with van der Waals surface area (Å²) < 4.78 is 19.7. The first-order valence-electron chi connectivity index (χ1n) is 5.00. The second kappa shape index (κ2) is 8.10. The average molecular weight is 262 g/mol. The third-order valence-electron chi connectivity index (χ3n) is 1.75. The molecule has 0 aromatic rings. The lowest BCUT2D eigenvalue weighted by Gasteiger charge is -2.21. The molecule has 0 aromatic carbocycles. The summed E-state index contributed by atoms with van der Waals surface area (Å²) in [6, 6.07) is 0. The predicted molar refractivity (Wildman–Crippen MR) is 60.7 cm³/mol. The van der Waals surface area contributed by atoms with Gasteiger partial charge in [-0.25, -0.2) is 9.59 Å². The summed E-state index contributed by atoms with van der Waals surface area (Å²) in [5.74, 6) is -0.166. The quantitative estimate of drug-likeness (QED) is 0.415. The predicted octanol–water partition coefficient (Wildman–Crippen LogP) is 0.958. The van der Waals surface area contributed by atoms with Gasteiger partial charge in [0, 0.05) is 11.8 Å². The molecule has 1 aliphatic heterocycles. The Morgan fingerprint density at radius 3 is 2.76 bits per heavy atom. The molecule has 17 heavy (non-hydrogen) atoms. The van der Waals surface area contributed by atoms with Crippen LogP contribution in [0, 0.1) is 0 Å². The maximum Gasteiger partial charge on any atom is 0.367 e. The SMILES string of the molecule is C=CC(=O)OCCSC(=O)OC1COCOC1. The van der Waals surface area contributed by atoms with Crippen LogP contribution in [-0.2, 0) is 23.7 Å². The van der Waals surface area contributed by atoms with Gasteiger partial charge in [-0.15, -0.1) is 0 Å². The monoisotopic (exact) mass is 262 g/mol. The van der Waals surface area contributed by atoms with Crippen LogP contribution in [0.4, 0.5) is 4.79 Å². The van der Waals surface area contributed by atoms with Gasteiger partial charge in [0.1, 0.15) is 19.5 Å². The molecular weight excluding hydrogens is 248 g/mol. The van der Waals surface area contributed by atoms with Gasteiger partial charge in [0.25, 0.3) is 0 Å². The molecule has 1 rings (SSSR count). The second-order valence-corrected chi connectivity index (χ2v) is 4.10. The van der Waals surface area contributed by atoms with Crippen molar-refractivity contribution in [3.05, 3.63) is 12.7 Å². The Bertz CT molecular complexity index is 274. The maximum atomic E-state index is 11.3. The molecule has 6 nitrogen and oxygen atoms in total. The van der Waals surface area contributed by atoms with Crippen LogP contribution in [0.1, 0.15) is 0 Å². The van der Waals surface area contributed by atoms with Gasteiger partial charge in [0.15, 0.2) is 0 Å². The van der Waals surface area contributed by atoms with Crippen molar-refractivity contribution < 1.29 is 28.5 Å². The minimum atomic E-state index is -0.506. The van der Waals surface area contributed by atoms with E-state index in [0.29, 0.717) is 19.0 Å². The molecule has 0 bridgehead atoms. The second-order valence-electron chi connectivity index (χ2n) is 3.07. The minimum Gasteiger partial charge on any atom is -0.462 e. The van der Waals surface area contributed by atoms with Crippen LogP contribution in [-0.4, -0.2) is 49.7 Å². The van der Waals surface area contributed by atoms with E-state index >= 15 is 0 Å². The fourth-order valence-electron chi connectivity index (χ4n) is 1.03. The highest BCUT2D eigenvalue weighted by atomic mass is 32.2. The largest absolute Gasteiger partial charge is 0.462 e. The lowest BCUT2D eigenvalue weighted by Crippen LogP contribution is -2.32. The van der Waals surface area contributed by atoms with Crippen molar-refractivity contribution in [2.75, 3.05) is 32.4 Å². The molecule has 0 amide bonds. The Morgan fingerprint density at radius 1 is 1.41 bits per heavy atom. The maximum absolute atomic E-state index is 11.3. The van der Waals surface area contributed by atoms with Crippen molar-refractivity contribution in [3.63, 3.8) is 0 Å². The molecule has 1 heterocycles. The van der Waals surface area contributed by atoms with Gasteiger partial charge in [-0.05, 0) is 11.8 Å². The number of ether oxygens (including phenoxy) is 4. The Labute approximate surface area is 103 Å². The topological polar surface area (TPSA) is 71.1 Å². The highest BCUT2D eigenvalue weighted by Gasteiger charge is 2.18. The van der Waals surface area contributed by atoms with E-state index in [0.717, 1.165) is 17.8 Å². The van der Waals surface area contributed by atoms with E-state index in [1.807, 2.05) is 0 Å². The van der Waals surface area contributed by atoms with Gasteiger partial charge in [0.2, 0.25) is 0 Å². The van der Waals surface area contributed by atoms with Crippen LogP contribution >= 0.6 is 11.8 Å². The van der Waals surface area contributed by atoms with Crippen molar-refractivity contribution in [2.45, 2.75) is 6.10 Å². The Balaban J connectivity index is 2.04. The van der Waals surface area contributed by atoms with Gasteiger partial charge in [0.05, 0.1) is 13.2 Å². The molecule has 7 heteroatoms. The summed E-state index contributed by atoms with van der Waals surface area (Å²) in [6.45, 7) is 4.32. The summed E-state index contributed by atoms with van der Waals surface area (Å²) in [5, 5.41) is -0.432. The number of thioether (sulfide) groups is 1. The van der Waals surface area contributed by atoms with Crippen LogP contribution < -0.4 is 0 Å². The molecule has 1 fully saturated rings. The molecule has 1 saturated heterocycles. The van der Waals surface area contributed by atoms with Crippen LogP contribution in [0.2, 0.25) is 0 Å². The van der Waals surface area contributed by atoms with E-state index in [1.165, 1.54) is 0 Å². The fraction of sp³-hybridized carbons (Fsp3) is 0.600. The zero-order chi connectivity index (χ0) is 12.5. The third kappa shape index (κ3) is 6.30. The lowest BCUT2D eigenvalue weighted by atomic mass is 10.4. The first-order valence-corrected chi connectivity index (χ1v) is 5.99. The van der Waals surface area contributed by atoms with Gasteiger partial charge in [-0.3, -0.25) is 0 Å². The average Bonchev–Trinajstić information content (AvgIpc) is 2.35. The van der Waals surface area contributed by atoms with Crippen molar-refractivity contribution in [3.8, 4) is 0 Å². The number of carbonyl (C=O) groups excluding carboxylic acids is 2. The number of carbonyl (C=O) groups is 2. The molecule has 0 aliphatic carbocycles. The molecule has 0 unspecified atom stereocenters. The summed E-state index contributed by atoms with van der Waals surface area (Å²) in [5.41, 5.74) is 0. The zero-order valence-corrected chi connectivity index (χ0v) is 10.1. The van der Waals surface area contributed by atoms with Crippen molar-refractivity contribution in [1.29, 1.82) is 0 Å². The summed E-state index contributed by atoms with van der Waals surface area (Å²) in [7, 11) is 0. The van der Waals surface area contributed by atoms with E-state index in [2.05, 4.69) is 6.58 Å². The summed E-state index contributed by atoms with van der Waals surface area (Å²) >= 11 is 0.939. The molecule has 0 atom stereocenters. The van der Waals surface area contributed by atoms with Crippen LogP contribution in [0.3, 0.4) is 0 Å². The smallest absolute Gasteiger partial charge is 0.367 e. The number of hydrogen-bond donors (Lipinski definition) is 0. The minimum absolute atomic E-state index is 0.141. The molecule has 0 spiro atoms. The number of esters is 1. The Hall–Kier alpha value is -1.05. The van der Waals surface area contributed by atoms with Gasteiger partial charge in [-0.2, -0.15) is 0 Å². The van der Waals surface area contributed by atoms with E-state index in [9.17, 15) is 9.59 Å². The molecule has 1 aliphatic rings. The van der Waals surface area contributed by atoms with E-state index in [4.69, 9.17) is 18.9 Å². The van der Waals surface area contributed by atoms with Crippen LogP contribution in [0.25, 0.3) is 0 Å². The molecular formula is C10H14O6S. The molecule has 0 radical (unpaired) electrons. The van der Waals surface area contributed by atoms with Gasteiger partial charge < -0.3 is 18.9 Å². The van der Waals surface area contributed by atoms with Gasteiger partial charge >= 0.3 is 11.3 Å². The van der Waals surface area contributed by atoms with Crippen LogP contribution in [0.5, 0.6) is 0 Å². The van der Waals surface area contributed by atoms with E-state index < -0.39 is 11.3 Å². The summed E-state index contributed by atoms with van der Waals surface area (Å²) in [4.78, 5) is 22.0. The molecule has 0 saturated carbocycles. The van der Waals surface area contributed by atoms with Gasteiger partial charge in [-0.1, -0.05) is 6.58 Å². The van der Waals surface area contributed by atoms with Crippen LogP contribution in [0.15, 0.2) is 12.7 Å². The first-order chi connectivity index (χ1) is 8.22. The lowest BCUT2D eigenvalue weighted by molar-refractivity contribution is -0.149. The molecule has 0 aromatic heterocycles. The zero-order valence-electron chi connectivity index (χ0n) is 9.26. The highest BCUT2D eigenvalue weighted by molar-refractivity contribution is 8.13. The number of rotatable bonds is 5. The van der Waals surface area contributed by atoms with Crippen molar-refractivity contribution in [2.24, 2.45) is 0 Å². The third-order valence-corrected chi connectivity index (χ3v) is 2.45. The fourth-order valence-corrected chi connectivity index (χ4v) is 1.57. The molecule has 96 valence electrons. The Kier molecular flexibility index (Phi) is 6.68. The van der Waals surface area contributed by atoms with E-state index in [1.54, 1.807) is 0 Å². The first kappa shape index (κ1) is 14.0. The Morgan fingerprint density at radius 2 is 2.12 bits per heavy atom. The number of hydrogen-bond acceptors (Lipinski definition) is 7. The highest BCUT2D eigenvalue weighted by Crippen LogP contribution is 2.10. The standard InChI is InChI=1S/C10H14O6S/c1-2-9(11)15-3-4-17-10(12)16-8-5-13-7-14-6-8/h2,8H,1,3-7H2. The van der Waals surface area contributed by atoms with E-state index in [-0.39, 0.29) is 19.5 Å².